The third-order valence-electron chi connectivity index (χ3n) is 3.34. The average molecular weight is 263 g/mol. The first kappa shape index (κ1) is 14.1. The molecule has 0 saturated heterocycles. The van der Waals surface area contributed by atoms with Gasteiger partial charge >= 0.3 is 0 Å². The molecule has 0 amide bonds. The second-order valence-corrected chi connectivity index (χ2v) is 5.36. The maximum atomic E-state index is 14.1. The van der Waals surface area contributed by atoms with Gasteiger partial charge in [0.05, 0.1) is 11.9 Å². The molecule has 0 aliphatic carbocycles. The van der Waals surface area contributed by atoms with Gasteiger partial charge in [-0.1, -0.05) is 33.3 Å². The molecule has 2 rings (SSSR count). The van der Waals surface area contributed by atoms with Crippen LogP contribution in [0, 0.1) is 12.7 Å². The summed E-state index contributed by atoms with van der Waals surface area (Å²) in [6.45, 7) is 8.90. The van der Waals surface area contributed by atoms with Crippen LogP contribution in [-0.4, -0.2) is 6.04 Å². The van der Waals surface area contributed by atoms with Crippen LogP contribution in [0.2, 0.25) is 0 Å². The van der Waals surface area contributed by atoms with Crippen molar-refractivity contribution in [3.8, 4) is 0 Å². The van der Waals surface area contributed by atoms with Crippen molar-refractivity contribution in [3.63, 3.8) is 0 Å². The van der Waals surface area contributed by atoms with E-state index < -0.39 is 0 Å². The average Bonchev–Trinajstić information content (AvgIpc) is 2.72. The number of nitrogens with one attached hydrogen (secondary N) is 1. The van der Waals surface area contributed by atoms with Crippen LogP contribution in [0.3, 0.4) is 0 Å². The SMILES string of the molecule is CCCc1c(CNC(C)C)oc2c(C)ccc(F)c12. The van der Waals surface area contributed by atoms with E-state index in [-0.39, 0.29) is 5.82 Å². The van der Waals surface area contributed by atoms with Crippen molar-refractivity contribution in [2.75, 3.05) is 0 Å². The Bertz CT molecular complexity index is 572. The van der Waals surface area contributed by atoms with Crippen LogP contribution in [0.15, 0.2) is 16.5 Å². The molecule has 1 aromatic heterocycles. The minimum absolute atomic E-state index is 0.177. The largest absolute Gasteiger partial charge is 0.459 e. The Balaban J connectivity index is 2.53. The van der Waals surface area contributed by atoms with Crippen LogP contribution >= 0.6 is 0 Å². The number of halogens is 1. The summed E-state index contributed by atoms with van der Waals surface area (Å²) in [5, 5.41) is 4.01. The molecule has 0 radical (unpaired) electrons. The Hall–Kier alpha value is -1.35. The Labute approximate surface area is 114 Å². The van der Waals surface area contributed by atoms with Crippen LogP contribution in [-0.2, 0) is 13.0 Å². The Morgan fingerprint density at radius 2 is 2.05 bits per heavy atom. The van der Waals surface area contributed by atoms with Crippen molar-refractivity contribution < 1.29 is 8.81 Å². The molecule has 104 valence electrons. The molecular formula is C16H22FNO. The van der Waals surface area contributed by atoms with Crippen LogP contribution in [0.1, 0.15) is 44.1 Å². The van der Waals surface area contributed by atoms with Gasteiger partial charge in [-0.25, -0.2) is 4.39 Å². The predicted octanol–water partition coefficient (Wildman–Crippen LogP) is 4.33. The first-order valence-corrected chi connectivity index (χ1v) is 6.97. The second-order valence-electron chi connectivity index (χ2n) is 5.36. The highest BCUT2D eigenvalue weighted by atomic mass is 19.1. The smallest absolute Gasteiger partial charge is 0.140 e. The minimum Gasteiger partial charge on any atom is -0.459 e. The standard InChI is InChI=1S/C16H22FNO/c1-5-6-12-14(9-18-10(2)3)19-16-11(4)7-8-13(17)15(12)16/h7-8,10,18H,5-6,9H2,1-4H3. The van der Waals surface area contributed by atoms with Crippen LogP contribution < -0.4 is 5.32 Å². The Morgan fingerprint density at radius 1 is 1.32 bits per heavy atom. The van der Waals surface area contributed by atoms with E-state index in [1.165, 1.54) is 6.07 Å². The summed E-state index contributed by atoms with van der Waals surface area (Å²) >= 11 is 0. The van der Waals surface area contributed by atoms with E-state index in [9.17, 15) is 4.39 Å². The lowest BCUT2D eigenvalue weighted by molar-refractivity contribution is 0.482. The van der Waals surface area contributed by atoms with Gasteiger partial charge in [0.25, 0.3) is 0 Å². The predicted molar refractivity (Wildman–Crippen MR) is 76.9 cm³/mol. The number of benzene rings is 1. The maximum Gasteiger partial charge on any atom is 0.140 e. The summed E-state index contributed by atoms with van der Waals surface area (Å²) < 4.78 is 20.0. The van der Waals surface area contributed by atoms with Gasteiger partial charge in [-0.2, -0.15) is 0 Å². The van der Waals surface area contributed by atoms with Gasteiger partial charge in [-0.3, -0.25) is 0 Å². The molecule has 19 heavy (non-hydrogen) atoms. The van der Waals surface area contributed by atoms with Crippen molar-refractivity contribution in [1.29, 1.82) is 0 Å². The number of furan rings is 1. The summed E-state index contributed by atoms with van der Waals surface area (Å²) in [6, 6.07) is 3.69. The van der Waals surface area contributed by atoms with E-state index in [0.29, 0.717) is 23.6 Å². The zero-order chi connectivity index (χ0) is 14.0. The molecule has 1 aromatic carbocycles. The Morgan fingerprint density at radius 3 is 2.68 bits per heavy atom. The molecule has 0 atom stereocenters. The normalized spacial score (nSPS) is 11.7. The molecule has 3 heteroatoms. The van der Waals surface area contributed by atoms with Crippen LogP contribution in [0.25, 0.3) is 11.0 Å². The van der Waals surface area contributed by atoms with E-state index in [1.54, 1.807) is 6.07 Å². The highest BCUT2D eigenvalue weighted by molar-refractivity contribution is 5.85. The molecule has 1 N–H and O–H groups in total. The monoisotopic (exact) mass is 263 g/mol. The number of hydrogen-bond acceptors (Lipinski definition) is 2. The first-order chi connectivity index (χ1) is 9.04. The van der Waals surface area contributed by atoms with Gasteiger partial charge in [0.15, 0.2) is 0 Å². The molecule has 2 nitrogen and oxygen atoms in total. The lowest BCUT2D eigenvalue weighted by atomic mass is 10.0. The number of hydrogen-bond donors (Lipinski definition) is 1. The molecule has 0 aliphatic heterocycles. The van der Waals surface area contributed by atoms with Gasteiger partial charge in [-0.05, 0) is 25.0 Å². The molecule has 0 unspecified atom stereocenters. The second kappa shape index (κ2) is 5.74. The Kier molecular flexibility index (Phi) is 4.25. The third kappa shape index (κ3) is 2.81. The molecule has 2 aromatic rings. The lowest BCUT2D eigenvalue weighted by Gasteiger charge is -2.07. The molecule has 0 saturated carbocycles. The fourth-order valence-electron chi connectivity index (χ4n) is 2.35. The van der Waals surface area contributed by atoms with E-state index in [2.05, 4.69) is 26.1 Å². The van der Waals surface area contributed by atoms with Crippen LogP contribution in [0.5, 0.6) is 0 Å². The van der Waals surface area contributed by atoms with Gasteiger partial charge in [0.2, 0.25) is 0 Å². The zero-order valence-electron chi connectivity index (χ0n) is 12.1. The van der Waals surface area contributed by atoms with Gasteiger partial charge < -0.3 is 9.73 Å². The fourth-order valence-corrected chi connectivity index (χ4v) is 2.35. The molecular weight excluding hydrogens is 241 g/mol. The van der Waals surface area contributed by atoms with E-state index in [1.807, 2.05) is 6.92 Å². The fraction of sp³-hybridized carbons (Fsp3) is 0.500. The van der Waals surface area contributed by atoms with E-state index in [4.69, 9.17) is 4.42 Å². The topological polar surface area (TPSA) is 25.2 Å². The summed E-state index contributed by atoms with van der Waals surface area (Å²) in [5.41, 5.74) is 2.71. The molecule has 0 aliphatic rings. The molecule has 0 spiro atoms. The molecule has 0 fully saturated rings. The quantitative estimate of drug-likeness (QED) is 0.868. The van der Waals surface area contributed by atoms with E-state index in [0.717, 1.165) is 29.7 Å². The van der Waals surface area contributed by atoms with Crippen molar-refractivity contribution in [2.24, 2.45) is 0 Å². The third-order valence-corrected chi connectivity index (χ3v) is 3.34. The van der Waals surface area contributed by atoms with Crippen molar-refractivity contribution in [2.45, 2.75) is 53.1 Å². The zero-order valence-corrected chi connectivity index (χ0v) is 12.1. The van der Waals surface area contributed by atoms with Crippen LogP contribution in [0.4, 0.5) is 4.39 Å². The highest BCUT2D eigenvalue weighted by Gasteiger charge is 2.18. The molecule has 0 bridgehead atoms. The molecule has 1 heterocycles. The van der Waals surface area contributed by atoms with Crippen molar-refractivity contribution >= 4 is 11.0 Å². The summed E-state index contributed by atoms with van der Waals surface area (Å²) in [5.74, 6) is 0.697. The summed E-state index contributed by atoms with van der Waals surface area (Å²) in [4.78, 5) is 0. The number of rotatable bonds is 5. The summed E-state index contributed by atoms with van der Waals surface area (Å²) in [7, 11) is 0. The van der Waals surface area contributed by atoms with Crippen molar-refractivity contribution in [1.82, 2.24) is 5.32 Å². The summed E-state index contributed by atoms with van der Waals surface area (Å²) in [6.07, 6.45) is 1.83. The van der Waals surface area contributed by atoms with Crippen molar-refractivity contribution in [3.05, 3.63) is 34.8 Å². The number of aryl methyl sites for hydroxylation is 2. The highest BCUT2D eigenvalue weighted by Crippen LogP contribution is 2.31. The lowest BCUT2D eigenvalue weighted by Crippen LogP contribution is -2.22. The van der Waals surface area contributed by atoms with Gasteiger partial charge in [-0.15, -0.1) is 0 Å². The first-order valence-electron chi connectivity index (χ1n) is 6.97. The van der Waals surface area contributed by atoms with E-state index >= 15 is 0 Å². The van der Waals surface area contributed by atoms with Gasteiger partial charge in [0.1, 0.15) is 17.2 Å². The number of fused-ring (bicyclic) bond motifs is 1. The van der Waals surface area contributed by atoms with Gasteiger partial charge in [0, 0.05) is 11.6 Å². The minimum atomic E-state index is -0.177. The maximum absolute atomic E-state index is 14.1.